The summed E-state index contributed by atoms with van der Waals surface area (Å²) in [5.41, 5.74) is 0. The van der Waals surface area contributed by atoms with Crippen LogP contribution in [0.1, 0.15) is 5.71 Å². The largest absolute Gasteiger partial charge is 2.00 e. The molecule has 12 nitrogen and oxygen atoms in total. The Balaban J connectivity index is -0.0000000501. The average Bonchev–Trinajstić information content (AvgIpc) is 2.22. The summed E-state index contributed by atoms with van der Waals surface area (Å²) in [7, 11) is 0. The number of rotatable bonds is 11. The first kappa shape index (κ1) is 40.6. The van der Waals surface area contributed by atoms with Crippen molar-refractivity contribution in [3.8, 4) is 0 Å². The van der Waals surface area contributed by atoms with Crippen molar-refractivity contribution in [3.63, 3.8) is 0 Å². The van der Waals surface area contributed by atoms with Gasteiger partial charge in [0, 0.05) is 13.1 Å². The normalized spacial score (nSPS) is 8.56. The molecule has 0 aromatic rings. The van der Waals surface area contributed by atoms with E-state index in [-0.39, 0.29) is 127 Å². The number of carboxylic acids is 4. The van der Waals surface area contributed by atoms with Crippen LogP contribution in [0.2, 0.25) is 0 Å². The average molecular weight is 418 g/mol. The minimum atomic E-state index is -1.23. The molecule has 0 saturated carbocycles. The molecule has 0 aromatic heterocycles. The van der Waals surface area contributed by atoms with Crippen LogP contribution in [-0.4, -0.2) is 142 Å². The molecular formula is C10H24CaN2Na2O10. The summed E-state index contributed by atoms with van der Waals surface area (Å²) in [5, 5.41) is 34.5. The Kier molecular flexibility index (Phi) is 37.4. The molecule has 0 bridgehead atoms. The van der Waals surface area contributed by atoms with Crippen LogP contribution in [0.4, 0.5) is 0 Å². The smallest absolute Gasteiger partial charge is 1.00 e. The van der Waals surface area contributed by atoms with Crippen molar-refractivity contribution in [2.45, 2.75) is 0 Å². The second-order valence-corrected chi connectivity index (χ2v) is 4.00. The van der Waals surface area contributed by atoms with Crippen molar-refractivity contribution in [2.75, 3.05) is 39.3 Å². The summed E-state index contributed by atoms with van der Waals surface area (Å²) >= 11 is 0. The summed E-state index contributed by atoms with van der Waals surface area (Å²) in [4.78, 5) is 44.4. The Morgan fingerprint density at radius 3 is 0.880 bits per heavy atom. The second-order valence-electron chi connectivity index (χ2n) is 4.00. The monoisotopic (exact) mass is 418 g/mol. The quantitative estimate of drug-likeness (QED) is 0.232. The number of nitrogens with zero attached hydrogens (tertiary/aromatic N) is 2. The van der Waals surface area contributed by atoms with E-state index >= 15 is 0 Å². The third-order valence-electron chi connectivity index (χ3n) is 2.17. The van der Waals surface area contributed by atoms with Gasteiger partial charge < -0.3 is 37.1 Å². The molecule has 0 atom stereocenters. The fraction of sp³-hybridized carbons (Fsp3) is 0.600. The minimum Gasteiger partial charge on any atom is -1.00 e. The maximum Gasteiger partial charge on any atom is 2.00 e. The molecule has 138 valence electrons. The van der Waals surface area contributed by atoms with Crippen molar-refractivity contribution < 1.29 is 115 Å². The van der Waals surface area contributed by atoms with Gasteiger partial charge in [-0.2, -0.15) is 0 Å². The first-order chi connectivity index (χ1) is 9.20. The molecule has 0 rings (SSSR count). The van der Waals surface area contributed by atoms with Crippen LogP contribution >= 0.6 is 0 Å². The number of carboxylic acid groups (broad SMARTS) is 4. The van der Waals surface area contributed by atoms with E-state index in [0.29, 0.717) is 0 Å². The molecule has 0 saturated heterocycles. The molecule has 0 heterocycles. The van der Waals surface area contributed by atoms with E-state index in [0.717, 1.165) is 9.80 Å². The van der Waals surface area contributed by atoms with Gasteiger partial charge in [0.15, 0.2) is 0 Å². The molecule has 15 heteroatoms. The molecule has 0 aliphatic heterocycles. The SMILES string of the molecule is O.O.O=C(O)CN(CCN(CC(=O)O)CC(=O)O)CC(=O)O.[Ca+2].[H-].[H-].[H-].[H-].[Na+].[Na+]. The molecule has 0 radical (unpaired) electrons. The Hall–Kier alpha value is 0.980. The topological polar surface area (TPSA) is 219 Å². The van der Waals surface area contributed by atoms with E-state index in [1.807, 2.05) is 0 Å². The van der Waals surface area contributed by atoms with Crippen LogP contribution in [-0.2, 0) is 19.2 Å². The standard InChI is InChI=1S/C10H16N2O8.Ca.2Na.2H2O.4H/c13-7(14)3-11(4-8(15)16)1-2-12(5-9(17)18)6-10(19)20;;;;;;;;;/h1-6H2,(H,13,14)(H,15,16)(H,17,18)(H,19,20);;;;2*1H2;;;;/q;+2;2*+1;;;4*-1. The van der Waals surface area contributed by atoms with Gasteiger partial charge in [-0.1, -0.05) is 0 Å². The third-order valence-corrected chi connectivity index (χ3v) is 2.17. The number of hydrogen-bond donors (Lipinski definition) is 4. The van der Waals surface area contributed by atoms with Crippen molar-refractivity contribution >= 4 is 61.6 Å². The molecule has 25 heavy (non-hydrogen) atoms. The first-order valence-corrected chi connectivity index (χ1v) is 5.52. The zero-order chi connectivity index (χ0) is 15.7. The fourth-order valence-corrected chi connectivity index (χ4v) is 1.48. The number of aliphatic carboxylic acids is 4. The third kappa shape index (κ3) is 27.3. The van der Waals surface area contributed by atoms with E-state index in [4.69, 9.17) is 20.4 Å². The molecule has 0 unspecified atom stereocenters. The molecular weight excluding hydrogens is 394 g/mol. The Morgan fingerprint density at radius 1 is 0.600 bits per heavy atom. The van der Waals surface area contributed by atoms with Crippen LogP contribution in [0.5, 0.6) is 0 Å². The fourth-order valence-electron chi connectivity index (χ4n) is 1.48. The van der Waals surface area contributed by atoms with Gasteiger partial charge in [0.25, 0.3) is 0 Å². The van der Waals surface area contributed by atoms with Crippen LogP contribution in [0, 0.1) is 0 Å². The molecule has 8 N–H and O–H groups in total. The summed E-state index contributed by atoms with van der Waals surface area (Å²) in [6.45, 7) is -2.25. The molecule has 0 aliphatic rings. The van der Waals surface area contributed by atoms with Crippen molar-refractivity contribution in [1.29, 1.82) is 0 Å². The molecule has 0 spiro atoms. The van der Waals surface area contributed by atoms with Gasteiger partial charge in [0.1, 0.15) is 0 Å². The molecule has 0 aromatic carbocycles. The van der Waals surface area contributed by atoms with Gasteiger partial charge in [0.2, 0.25) is 0 Å². The van der Waals surface area contributed by atoms with Gasteiger partial charge in [-0.15, -0.1) is 0 Å². The summed E-state index contributed by atoms with van der Waals surface area (Å²) in [6.07, 6.45) is 0. The summed E-state index contributed by atoms with van der Waals surface area (Å²) in [6, 6.07) is 0. The van der Waals surface area contributed by atoms with E-state index < -0.39 is 50.1 Å². The first-order valence-electron chi connectivity index (χ1n) is 5.52. The molecule has 0 amide bonds. The predicted octanol–water partition coefficient (Wildman–Crippen LogP) is -9.64. The van der Waals surface area contributed by atoms with Gasteiger partial charge in [-0.3, -0.25) is 29.0 Å². The van der Waals surface area contributed by atoms with Crippen LogP contribution in [0.3, 0.4) is 0 Å². The van der Waals surface area contributed by atoms with Crippen LogP contribution < -0.4 is 59.1 Å². The minimum absolute atomic E-state index is 0. The van der Waals surface area contributed by atoms with Crippen molar-refractivity contribution in [1.82, 2.24) is 9.80 Å². The molecule has 0 fully saturated rings. The van der Waals surface area contributed by atoms with E-state index in [1.165, 1.54) is 0 Å². The Morgan fingerprint density at radius 2 is 0.760 bits per heavy atom. The number of hydrogen-bond acceptors (Lipinski definition) is 6. The molecule has 0 aliphatic carbocycles. The van der Waals surface area contributed by atoms with E-state index in [2.05, 4.69) is 0 Å². The van der Waals surface area contributed by atoms with Gasteiger partial charge in [0.05, 0.1) is 26.2 Å². The second kappa shape index (κ2) is 23.0. The van der Waals surface area contributed by atoms with Crippen molar-refractivity contribution in [3.05, 3.63) is 0 Å². The predicted molar refractivity (Wildman–Crippen MR) is 80.9 cm³/mol. The van der Waals surface area contributed by atoms with Crippen molar-refractivity contribution in [2.24, 2.45) is 0 Å². The van der Waals surface area contributed by atoms with Gasteiger partial charge in [-0.05, 0) is 0 Å². The number of carbonyl (C=O) groups is 4. The zero-order valence-corrected chi connectivity index (χ0v) is 20.5. The van der Waals surface area contributed by atoms with Gasteiger partial charge >= 0.3 is 121 Å². The van der Waals surface area contributed by atoms with Gasteiger partial charge in [-0.25, -0.2) is 0 Å². The Labute approximate surface area is 223 Å². The van der Waals surface area contributed by atoms with E-state index in [1.54, 1.807) is 0 Å². The maximum atomic E-state index is 10.6. The Bertz CT molecular complexity index is 351. The summed E-state index contributed by atoms with van der Waals surface area (Å²) in [5.74, 6) is -4.91. The van der Waals surface area contributed by atoms with Crippen LogP contribution in [0.25, 0.3) is 0 Å². The zero-order valence-electron chi connectivity index (χ0n) is 18.3. The maximum absolute atomic E-state index is 10.6. The summed E-state index contributed by atoms with van der Waals surface area (Å²) < 4.78 is 0. The van der Waals surface area contributed by atoms with E-state index in [9.17, 15) is 19.2 Å². The van der Waals surface area contributed by atoms with Crippen LogP contribution in [0.15, 0.2) is 0 Å².